The molecular formula is C10H8N2S. The predicted octanol–water partition coefficient (Wildman–Crippen LogP) is 2.30. The van der Waals surface area contributed by atoms with Crippen LogP contribution in [0.2, 0.25) is 0 Å². The van der Waals surface area contributed by atoms with E-state index in [1.54, 1.807) is 11.3 Å². The number of fused-ring (bicyclic) bond motifs is 3. The number of nitrogen functional groups attached to an aromatic ring is 1. The zero-order valence-corrected chi connectivity index (χ0v) is 7.77. The van der Waals surface area contributed by atoms with Crippen molar-refractivity contribution in [3.05, 3.63) is 34.2 Å². The van der Waals surface area contributed by atoms with Gasteiger partial charge < -0.3 is 5.73 Å². The fourth-order valence-corrected chi connectivity index (χ4v) is 2.56. The van der Waals surface area contributed by atoms with Gasteiger partial charge in [-0.2, -0.15) is 0 Å². The minimum atomic E-state index is 0.819. The zero-order valence-electron chi connectivity index (χ0n) is 6.95. The lowest BCUT2D eigenvalue weighted by molar-refractivity contribution is 1.31. The van der Waals surface area contributed by atoms with E-state index in [-0.39, 0.29) is 0 Å². The summed E-state index contributed by atoms with van der Waals surface area (Å²) < 4.78 is 0. The summed E-state index contributed by atoms with van der Waals surface area (Å²) >= 11 is 1.72. The van der Waals surface area contributed by atoms with Crippen molar-refractivity contribution in [3.63, 3.8) is 0 Å². The average Bonchev–Trinajstić information content (AvgIpc) is 2.64. The van der Waals surface area contributed by atoms with Crippen molar-refractivity contribution in [1.82, 2.24) is 4.98 Å². The van der Waals surface area contributed by atoms with E-state index < -0.39 is 0 Å². The molecule has 2 aromatic rings. The number of anilines is 1. The van der Waals surface area contributed by atoms with E-state index in [0.29, 0.717) is 0 Å². The van der Waals surface area contributed by atoms with Crippen molar-refractivity contribution in [2.75, 3.05) is 5.73 Å². The summed E-state index contributed by atoms with van der Waals surface area (Å²) in [6, 6.07) is 6.06. The van der Waals surface area contributed by atoms with Crippen molar-refractivity contribution in [2.45, 2.75) is 6.42 Å². The lowest BCUT2D eigenvalue weighted by atomic mass is 10.1. The SMILES string of the molecule is Nc1ccc2c(c1)-c1ncsc1C2. The Labute approximate surface area is 80.0 Å². The molecule has 64 valence electrons. The van der Waals surface area contributed by atoms with Crippen molar-refractivity contribution in [1.29, 1.82) is 0 Å². The van der Waals surface area contributed by atoms with Gasteiger partial charge in [0.25, 0.3) is 0 Å². The third-order valence-corrected chi connectivity index (χ3v) is 3.21. The first-order valence-electron chi connectivity index (χ1n) is 4.16. The molecule has 3 heteroatoms. The lowest BCUT2D eigenvalue weighted by Gasteiger charge is -1.99. The molecule has 0 fully saturated rings. The van der Waals surface area contributed by atoms with Crippen molar-refractivity contribution >= 4 is 17.0 Å². The molecule has 0 aliphatic heterocycles. The summed E-state index contributed by atoms with van der Waals surface area (Å²) in [5.74, 6) is 0. The molecular weight excluding hydrogens is 180 g/mol. The monoisotopic (exact) mass is 188 g/mol. The quantitative estimate of drug-likeness (QED) is 0.550. The molecule has 13 heavy (non-hydrogen) atoms. The minimum absolute atomic E-state index is 0.819. The highest BCUT2D eigenvalue weighted by molar-refractivity contribution is 7.10. The standard InChI is InChI=1S/C10H8N2S/c11-7-2-1-6-3-9-10(8(6)4-7)12-5-13-9/h1-2,4-5H,3,11H2. The first kappa shape index (κ1) is 7.09. The van der Waals surface area contributed by atoms with Gasteiger partial charge in [0.1, 0.15) is 0 Å². The van der Waals surface area contributed by atoms with E-state index in [2.05, 4.69) is 11.1 Å². The summed E-state index contributed by atoms with van der Waals surface area (Å²) in [7, 11) is 0. The summed E-state index contributed by atoms with van der Waals surface area (Å²) in [5.41, 5.74) is 12.2. The summed E-state index contributed by atoms with van der Waals surface area (Å²) in [5, 5.41) is 0. The van der Waals surface area contributed by atoms with Crippen LogP contribution in [-0.2, 0) is 6.42 Å². The van der Waals surface area contributed by atoms with Gasteiger partial charge in [0.2, 0.25) is 0 Å². The van der Waals surface area contributed by atoms with Gasteiger partial charge in [-0.25, -0.2) is 4.98 Å². The Bertz CT molecular complexity index is 474. The first-order chi connectivity index (χ1) is 6.34. The van der Waals surface area contributed by atoms with Crippen LogP contribution in [0.3, 0.4) is 0 Å². The largest absolute Gasteiger partial charge is 0.399 e. The van der Waals surface area contributed by atoms with E-state index in [9.17, 15) is 0 Å². The molecule has 0 unspecified atom stereocenters. The van der Waals surface area contributed by atoms with Crippen LogP contribution < -0.4 is 5.73 Å². The van der Waals surface area contributed by atoms with Crippen molar-refractivity contribution in [2.24, 2.45) is 0 Å². The average molecular weight is 188 g/mol. The number of aromatic nitrogens is 1. The number of hydrogen-bond acceptors (Lipinski definition) is 3. The molecule has 0 bridgehead atoms. The summed E-state index contributed by atoms with van der Waals surface area (Å²) in [4.78, 5) is 5.70. The van der Waals surface area contributed by atoms with Crippen LogP contribution in [0.25, 0.3) is 11.3 Å². The number of hydrogen-bond donors (Lipinski definition) is 1. The van der Waals surface area contributed by atoms with Crippen LogP contribution >= 0.6 is 11.3 Å². The molecule has 0 spiro atoms. The molecule has 1 heterocycles. The second-order valence-corrected chi connectivity index (χ2v) is 4.16. The predicted molar refractivity (Wildman–Crippen MR) is 54.8 cm³/mol. The lowest BCUT2D eigenvalue weighted by Crippen LogP contribution is -1.86. The zero-order chi connectivity index (χ0) is 8.84. The Balaban J connectivity index is 2.31. The van der Waals surface area contributed by atoms with E-state index >= 15 is 0 Å². The van der Waals surface area contributed by atoms with Crippen LogP contribution in [0.4, 0.5) is 5.69 Å². The van der Waals surface area contributed by atoms with E-state index in [4.69, 9.17) is 5.73 Å². The number of rotatable bonds is 0. The Morgan fingerprint density at radius 2 is 2.31 bits per heavy atom. The second-order valence-electron chi connectivity index (χ2n) is 3.22. The summed E-state index contributed by atoms with van der Waals surface area (Å²) in [6.45, 7) is 0. The third-order valence-electron chi connectivity index (χ3n) is 2.38. The first-order valence-corrected chi connectivity index (χ1v) is 5.04. The van der Waals surface area contributed by atoms with E-state index in [0.717, 1.165) is 17.8 Å². The Morgan fingerprint density at radius 3 is 3.23 bits per heavy atom. The highest BCUT2D eigenvalue weighted by Gasteiger charge is 2.20. The third kappa shape index (κ3) is 0.906. The van der Waals surface area contributed by atoms with Crippen molar-refractivity contribution < 1.29 is 0 Å². The fraction of sp³-hybridized carbons (Fsp3) is 0.100. The Kier molecular flexibility index (Phi) is 1.27. The van der Waals surface area contributed by atoms with Crippen LogP contribution in [-0.4, -0.2) is 4.98 Å². The molecule has 2 nitrogen and oxygen atoms in total. The topological polar surface area (TPSA) is 38.9 Å². The van der Waals surface area contributed by atoms with Gasteiger partial charge in [0.15, 0.2) is 0 Å². The van der Waals surface area contributed by atoms with Gasteiger partial charge in [0.05, 0.1) is 11.2 Å². The maximum absolute atomic E-state index is 5.73. The van der Waals surface area contributed by atoms with Gasteiger partial charge in [-0.05, 0) is 17.7 Å². The van der Waals surface area contributed by atoms with Crippen molar-refractivity contribution in [3.8, 4) is 11.3 Å². The van der Waals surface area contributed by atoms with E-state index in [1.807, 2.05) is 17.6 Å². The van der Waals surface area contributed by atoms with Gasteiger partial charge in [-0.15, -0.1) is 11.3 Å². The molecule has 1 aromatic carbocycles. The molecule has 2 N–H and O–H groups in total. The van der Waals surface area contributed by atoms with Gasteiger partial charge in [0, 0.05) is 22.5 Å². The van der Waals surface area contributed by atoms with Gasteiger partial charge in [-0.3, -0.25) is 0 Å². The Hall–Kier alpha value is -1.35. The number of thiazole rings is 1. The number of benzene rings is 1. The molecule has 0 saturated carbocycles. The van der Waals surface area contributed by atoms with E-state index in [1.165, 1.54) is 16.0 Å². The van der Waals surface area contributed by atoms with Crippen LogP contribution in [0.15, 0.2) is 23.7 Å². The molecule has 1 aliphatic rings. The van der Waals surface area contributed by atoms with Crippen LogP contribution in [0, 0.1) is 0 Å². The van der Waals surface area contributed by atoms with Crippen LogP contribution in [0.1, 0.15) is 10.4 Å². The number of nitrogens with zero attached hydrogens (tertiary/aromatic N) is 1. The van der Waals surface area contributed by atoms with Gasteiger partial charge >= 0.3 is 0 Å². The highest BCUT2D eigenvalue weighted by Crippen LogP contribution is 2.38. The minimum Gasteiger partial charge on any atom is -0.399 e. The Morgan fingerprint density at radius 1 is 1.38 bits per heavy atom. The molecule has 0 atom stereocenters. The number of nitrogens with two attached hydrogens (primary N) is 1. The molecule has 1 aliphatic carbocycles. The molecule has 0 saturated heterocycles. The highest BCUT2D eigenvalue weighted by atomic mass is 32.1. The molecule has 0 amide bonds. The molecule has 1 aromatic heterocycles. The molecule has 0 radical (unpaired) electrons. The maximum atomic E-state index is 5.73. The van der Waals surface area contributed by atoms with Gasteiger partial charge in [-0.1, -0.05) is 6.07 Å². The molecule has 3 rings (SSSR count). The maximum Gasteiger partial charge on any atom is 0.0850 e. The second kappa shape index (κ2) is 2.33. The normalized spacial score (nSPS) is 12.6. The smallest absolute Gasteiger partial charge is 0.0850 e. The van der Waals surface area contributed by atoms with Crippen LogP contribution in [0.5, 0.6) is 0 Å². The summed E-state index contributed by atoms with van der Waals surface area (Å²) in [6.07, 6.45) is 1.02. The fourth-order valence-electron chi connectivity index (χ4n) is 1.76.